The number of aryl methyl sites for hydroxylation is 1. The molecule has 1 aromatic carbocycles. The Bertz CT molecular complexity index is 590. The molecule has 1 N–H and O–H groups in total. The van der Waals surface area contributed by atoms with E-state index in [-0.39, 0.29) is 11.8 Å². The molecule has 17 heavy (non-hydrogen) atoms. The maximum Gasteiger partial charge on any atom is 0.229 e. The topological polar surface area (TPSA) is 42.0 Å². The van der Waals surface area contributed by atoms with Crippen LogP contribution in [0, 0.1) is 18.8 Å². The molecule has 4 heteroatoms. The van der Waals surface area contributed by atoms with Gasteiger partial charge in [-0.25, -0.2) is 4.98 Å². The summed E-state index contributed by atoms with van der Waals surface area (Å²) in [7, 11) is 0. The molecule has 1 aliphatic carbocycles. The van der Waals surface area contributed by atoms with E-state index in [0.717, 1.165) is 21.8 Å². The molecule has 0 aliphatic heterocycles. The number of carbonyl (C=O) groups excluding carboxylic acids is 1. The van der Waals surface area contributed by atoms with Crippen molar-refractivity contribution < 1.29 is 4.79 Å². The lowest BCUT2D eigenvalue weighted by Gasteiger charge is -1.97. The number of anilines is 1. The van der Waals surface area contributed by atoms with E-state index in [9.17, 15) is 4.79 Å². The van der Waals surface area contributed by atoms with Crippen LogP contribution >= 0.6 is 11.3 Å². The molecule has 3 rings (SSSR count). The summed E-state index contributed by atoms with van der Waals surface area (Å²) in [5.74, 6) is 0.851. The second-order valence-electron chi connectivity index (χ2n) is 4.80. The first-order chi connectivity index (χ1) is 8.13. The minimum Gasteiger partial charge on any atom is -0.302 e. The van der Waals surface area contributed by atoms with E-state index in [1.165, 1.54) is 5.56 Å². The molecule has 2 atom stereocenters. The van der Waals surface area contributed by atoms with Gasteiger partial charge in [-0.05, 0) is 37.0 Å². The minimum atomic E-state index is 0.119. The number of hydrogen-bond donors (Lipinski definition) is 1. The molecule has 1 fully saturated rings. The monoisotopic (exact) mass is 246 g/mol. The van der Waals surface area contributed by atoms with Crippen LogP contribution in [0.5, 0.6) is 0 Å². The molecule has 0 radical (unpaired) electrons. The highest BCUT2D eigenvalue weighted by molar-refractivity contribution is 7.22. The molecule has 1 aliphatic rings. The Hall–Kier alpha value is -1.42. The normalized spacial score (nSPS) is 22.7. The second-order valence-corrected chi connectivity index (χ2v) is 5.83. The number of benzene rings is 1. The predicted octanol–water partition coefficient (Wildman–Crippen LogP) is 3.20. The summed E-state index contributed by atoms with van der Waals surface area (Å²) in [5, 5.41) is 3.63. The fourth-order valence-electron chi connectivity index (χ4n) is 1.97. The average molecular weight is 246 g/mol. The van der Waals surface area contributed by atoms with Gasteiger partial charge in [0.2, 0.25) is 5.91 Å². The van der Waals surface area contributed by atoms with Crippen LogP contribution in [0.1, 0.15) is 18.9 Å². The third kappa shape index (κ3) is 2.05. The molecule has 1 heterocycles. The van der Waals surface area contributed by atoms with E-state index < -0.39 is 0 Å². The summed E-state index contributed by atoms with van der Waals surface area (Å²) in [6.45, 7) is 4.16. The molecule has 1 saturated carbocycles. The van der Waals surface area contributed by atoms with Gasteiger partial charge in [0.1, 0.15) is 0 Å². The minimum absolute atomic E-state index is 0.119. The summed E-state index contributed by atoms with van der Waals surface area (Å²) in [5.41, 5.74) is 2.18. The first-order valence-electron chi connectivity index (χ1n) is 5.81. The van der Waals surface area contributed by atoms with Crippen LogP contribution < -0.4 is 5.32 Å². The van der Waals surface area contributed by atoms with Crippen LogP contribution in [0.15, 0.2) is 18.2 Å². The molecular formula is C13H14N2OS. The van der Waals surface area contributed by atoms with E-state index in [0.29, 0.717) is 5.92 Å². The first kappa shape index (κ1) is 10.7. The van der Waals surface area contributed by atoms with Crippen molar-refractivity contribution in [2.24, 2.45) is 11.8 Å². The fourth-order valence-corrected chi connectivity index (χ4v) is 2.94. The van der Waals surface area contributed by atoms with Gasteiger partial charge < -0.3 is 5.32 Å². The Morgan fingerprint density at radius 2 is 2.29 bits per heavy atom. The molecule has 0 spiro atoms. The number of carbonyl (C=O) groups is 1. The number of amides is 1. The van der Waals surface area contributed by atoms with Crippen molar-refractivity contribution in [3.8, 4) is 0 Å². The van der Waals surface area contributed by atoms with Gasteiger partial charge in [-0.3, -0.25) is 4.79 Å². The maximum atomic E-state index is 11.8. The van der Waals surface area contributed by atoms with Crippen molar-refractivity contribution in [3.63, 3.8) is 0 Å². The van der Waals surface area contributed by atoms with Crippen LogP contribution in [0.25, 0.3) is 10.2 Å². The summed E-state index contributed by atoms with van der Waals surface area (Å²) >= 11 is 1.54. The number of thiazole rings is 1. The van der Waals surface area contributed by atoms with Gasteiger partial charge in [-0.15, -0.1) is 0 Å². The molecule has 1 aromatic heterocycles. The van der Waals surface area contributed by atoms with E-state index in [2.05, 4.69) is 30.2 Å². The standard InChI is InChI=1S/C13H14N2OS/c1-7-3-4-10-11(5-7)17-13(14-10)15-12(16)9-6-8(9)2/h3-5,8-9H,6H2,1-2H3,(H,14,15,16)/t8-,9-/m1/s1. The van der Waals surface area contributed by atoms with Crippen LogP contribution in [-0.2, 0) is 4.79 Å². The van der Waals surface area contributed by atoms with Crippen LogP contribution in [0.2, 0.25) is 0 Å². The number of aromatic nitrogens is 1. The van der Waals surface area contributed by atoms with Gasteiger partial charge in [-0.1, -0.05) is 24.3 Å². The van der Waals surface area contributed by atoms with Gasteiger partial charge in [0.25, 0.3) is 0 Å². The summed E-state index contributed by atoms with van der Waals surface area (Å²) in [4.78, 5) is 16.2. The lowest BCUT2D eigenvalue weighted by molar-refractivity contribution is -0.117. The number of nitrogens with one attached hydrogen (secondary N) is 1. The largest absolute Gasteiger partial charge is 0.302 e. The van der Waals surface area contributed by atoms with Gasteiger partial charge in [0.15, 0.2) is 5.13 Å². The van der Waals surface area contributed by atoms with Crippen molar-refractivity contribution in [2.45, 2.75) is 20.3 Å². The number of fused-ring (bicyclic) bond motifs is 1. The third-order valence-electron chi connectivity index (χ3n) is 3.22. The van der Waals surface area contributed by atoms with Gasteiger partial charge in [0.05, 0.1) is 10.2 Å². The quantitative estimate of drug-likeness (QED) is 0.884. The molecule has 88 valence electrons. The van der Waals surface area contributed by atoms with Crippen molar-refractivity contribution in [1.82, 2.24) is 4.98 Å². The zero-order valence-corrected chi connectivity index (χ0v) is 10.7. The van der Waals surface area contributed by atoms with Crippen molar-refractivity contribution in [1.29, 1.82) is 0 Å². The number of rotatable bonds is 2. The second kappa shape index (κ2) is 3.81. The molecule has 0 bridgehead atoms. The van der Waals surface area contributed by atoms with Crippen molar-refractivity contribution in [3.05, 3.63) is 23.8 Å². The Morgan fingerprint density at radius 1 is 1.53 bits per heavy atom. The predicted molar refractivity (Wildman–Crippen MR) is 70.3 cm³/mol. The fraction of sp³-hybridized carbons (Fsp3) is 0.385. The number of hydrogen-bond acceptors (Lipinski definition) is 3. The van der Waals surface area contributed by atoms with Crippen LogP contribution in [0.4, 0.5) is 5.13 Å². The van der Waals surface area contributed by atoms with E-state index in [4.69, 9.17) is 0 Å². The van der Waals surface area contributed by atoms with Gasteiger partial charge in [-0.2, -0.15) is 0 Å². The molecular weight excluding hydrogens is 232 g/mol. The number of nitrogens with zero attached hydrogens (tertiary/aromatic N) is 1. The molecule has 2 aromatic rings. The van der Waals surface area contributed by atoms with Crippen molar-refractivity contribution in [2.75, 3.05) is 5.32 Å². The third-order valence-corrected chi connectivity index (χ3v) is 4.15. The zero-order valence-electron chi connectivity index (χ0n) is 9.86. The Balaban J connectivity index is 1.83. The average Bonchev–Trinajstić information content (AvgIpc) is 2.87. The molecule has 1 amide bonds. The molecule has 0 saturated heterocycles. The Labute approximate surface area is 104 Å². The van der Waals surface area contributed by atoms with Gasteiger partial charge in [0, 0.05) is 5.92 Å². The molecule has 3 nitrogen and oxygen atoms in total. The van der Waals surface area contributed by atoms with Crippen molar-refractivity contribution >= 4 is 32.6 Å². The summed E-state index contributed by atoms with van der Waals surface area (Å²) in [6.07, 6.45) is 1.01. The van der Waals surface area contributed by atoms with E-state index in [1.54, 1.807) is 11.3 Å². The Kier molecular flexibility index (Phi) is 2.40. The first-order valence-corrected chi connectivity index (χ1v) is 6.63. The smallest absolute Gasteiger partial charge is 0.229 e. The van der Waals surface area contributed by atoms with E-state index in [1.807, 2.05) is 12.1 Å². The van der Waals surface area contributed by atoms with E-state index >= 15 is 0 Å². The highest BCUT2D eigenvalue weighted by Crippen LogP contribution is 2.39. The lowest BCUT2D eigenvalue weighted by Crippen LogP contribution is -2.14. The van der Waals surface area contributed by atoms with Crippen LogP contribution in [-0.4, -0.2) is 10.9 Å². The lowest BCUT2D eigenvalue weighted by atomic mass is 10.2. The summed E-state index contributed by atoms with van der Waals surface area (Å²) < 4.78 is 1.13. The van der Waals surface area contributed by atoms with Crippen LogP contribution in [0.3, 0.4) is 0 Å². The zero-order chi connectivity index (χ0) is 12.0. The Morgan fingerprint density at radius 3 is 3.00 bits per heavy atom. The maximum absolute atomic E-state index is 11.8. The SMILES string of the molecule is Cc1ccc2nc(NC(=O)[C@@H]3C[C@H]3C)sc2c1. The summed E-state index contributed by atoms with van der Waals surface area (Å²) in [6, 6.07) is 6.13. The highest BCUT2D eigenvalue weighted by atomic mass is 32.1. The highest BCUT2D eigenvalue weighted by Gasteiger charge is 2.39. The van der Waals surface area contributed by atoms with Gasteiger partial charge >= 0.3 is 0 Å². The molecule has 0 unspecified atom stereocenters.